The zero-order valence-electron chi connectivity index (χ0n) is 13.6. The van der Waals surface area contributed by atoms with Gasteiger partial charge in [0, 0.05) is 30.7 Å². The molecule has 2 heterocycles. The van der Waals surface area contributed by atoms with Crippen molar-refractivity contribution in [1.82, 2.24) is 9.88 Å². The van der Waals surface area contributed by atoms with Gasteiger partial charge >= 0.3 is 0 Å². The lowest BCUT2D eigenvalue weighted by molar-refractivity contribution is 0.112. The fourth-order valence-corrected chi connectivity index (χ4v) is 3.58. The number of anilines is 1. The number of aromatic nitrogens is 1. The van der Waals surface area contributed by atoms with Crippen molar-refractivity contribution in [1.29, 1.82) is 0 Å². The number of rotatable bonds is 3. The van der Waals surface area contributed by atoms with Gasteiger partial charge in [-0.15, -0.1) is 0 Å². The van der Waals surface area contributed by atoms with Gasteiger partial charge in [0.15, 0.2) is 6.29 Å². The predicted octanol–water partition coefficient (Wildman–Crippen LogP) is 3.24. The van der Waals surface area contributed by atoms with Crippen molar-refractivity contribution in [2.24, 2.45) is 0 Å². The Morgan fingerprint density at radius 2 is 1.71 bits per heavy atom. The minimum Gasteiger partial charge on any atom is -0.356 e. The summed E-state index contributed by atoms with van der Waals surface area (Å²) in [6, 6.07) is 18.5. The maximum absolute atomic E-state index is 12.0. The van der Waals surface area contributed by atoms with Gasteiger partial charge in [0.1, 0.15) is 5.82 Å². The van der Waals surface area contributed by atoms with Crippen molar-refractivity contribution in [3.05, 3.63) is 60.2 Å². The van der Waals surface area contributed by atoms with Gasteiger partial charge in [-0.1, -0.05) is 36.4 Å². The minimum atomic E-state index is 0.788. The molecule has 0 aliphatic carbocycles. The topological polar surface area (TPSA) is 37.3 Å². The fraction of sp³-hybridized carbons (Fsp3) is 0.250. The molecule has 1 saturated heterocycles. The highest BCUT2D eigenvalue weighted by Gasteiger charge is 2.23. The Bertz CT molecular complexity index is 846. The number of benzene rings is 2. The normalized spacial score (nSPS) is 15.4. The second-order valence-corrected chi connectivity index (χ2v) is 6.13. The van der Waals surface area contributed by atoms with Crippen molar-refractivity contribution in [3.63, 3.8) is 0 Å². The van der Waals surface area contributed by atoms with Gasteiger partial charge in [0.2, 0.25) is 0 Å². The molecule has 1 aromatic heterocycles. The molecule has 0 unspecified atom stereocenters. The van der Waals surface area contributed by atoms with Gasteiger partial charge in [0.25, 0.3) is 0 Å². The Kier molecular flexibility index (Phi) is 4.05. The molecule has 3 aromatic rings. The summed E-state index contributed by atoms with van der Waals surface area (Å²) in [7, 11) is 0. The van der Waals surface area contributed by atoms with Gasteiger partial charge in [-0.05, 0) is 31.2 Å². The van der Waals surface area contributed by atoms with Crippen LogP contribution in [0.4, 0.5) is 5.82 Å². The summed E-state index contributed by atoms with van der Waals surface area (Å²) in [6.45, 7) is 3.83. The van der Waals surface area contributed by atoms with Gasteiger partial charge in [0.05, 0.1) is 11.1 Å². The Morgan fingerprint density at radius 3 is 2.54 bits per heavy atom. The summed E-state index contributed by atoms with van der Waals surface area (Å²) >= 11 is 0. The SMILES string of the molecule is O=Cc1c(N2CCCNCC2)n(-c2ccccc2)c2ccccc12. The van der Waals surface area contributed by atoms with Crippen molar-refractivity contribution < 1.29 is 4.79 Å². The molecule has 1 N–H and O–H groups in total. The quantitative estimate of drug-likeness (QED) is 0.753. The summed E-state index contributed by atoms with van der Waals surface area (Å²) in [5, 5.41) is 4.46. The van der Waals surface area contributed by atoms with Crippen LogP contribution in [0.5, 0.6) is 0 Å². The molecule has 0 atom stereocenters. The molecule has 0 spiro atoms. The monoisotopic (exact) mass is 319 g/mol. The van der Waals surface area contributed by atoms with Crippen molar-refractivity contribution in [2.75, 3.05) is 31.1 Å². The average molecular weight is 319 g/mol. The van der Waals surface area contributed by atoms with E-state index in [4.69, 9.17) is 0 Å². The summed E-state index contributed by atoms with van der Waals surface area (Å²) in [5.74, 6) is 1.01. The molecular weight excluding hydrogens is 298 g/mol. The van der Waals surface area contributed by atoms with Crippen molar-refractivity contribution in [2.45, 2.75) is 6.42 Å². The Morgan fingerprint density at radius 1 is 0.917 bits per heavy atom. The van der Waals surface area contributed by atoms with E-state index in [9.17, 15) is 4.79 Å². The molecule has 2 aromatic carbocycles. The Labute approximate surface area is 141 Å². The van der Waals surface area contributed by atoms with E-state index in [0.717, 1.165) is 66.9 Å². The number of hydrogen-bond donors (Lipinski definition) is 1. The lowest BCUT2D eigenvalue weighted by Gasteiger charge is -2.25. The summed E-state index contributed by atoms with van der Waals surface area (Å²) in [6.07, 6.45) is 2.09. The van der Waals surface area contributed by atoms with Crippen LogP contribution in [0.2, 0.25) is 0 Å². The average Bonchev–Trinajstić information content (AvgIpc) is 2.77. The second kappa shape index (κ2) is 6.49. The molecule has 0 radical (unpaired) electrons. The molecule has 0 bridgehead atoms. The first-order chi connectivity index (χ1) is 11.9. The standard InChI is InChI=1S/C20H21N3O/c24-15-18-17-9-4-5-10-19(17)23(16-7-2-1-3-8-16)20(18)22-13-6-11-21-12-14-22/h1-5,7-10,15,21H,6,11-14H2. The number of fused-ring (bicyclic) bond motifs is 1. The number of hydrogen-bond acceptors (Lipinski definition) is 3. The van der Waals surface area contributed by atoms with Gasteiger partial charge in [-0.3, -0.25) is 9.36 Å². The van der Waals surface area contributed by atoms with E-state index in [1.165, 1.54) is 0 Å². The van der Waals surface area contributed by atoms with Crippen molar-refractivity contribution >= 4 is 23.0 Å². The van der Waals surface area contributed by atoms with Crippen LogP contribution in [-0.2, 0) is 0 Å². The third-order valence-corrected chi connectivity index (χ3v) is 4.66. The highest BCUT2D eigenvalue weighted by atomic mass is 16.1. The molecule has 0 saturated carbocycles. The molecule has 4 nitrogen and oxygen atoms in total. The van der Waals surface area contributed by atoms with Crippen LogP contribution < -0.4 is 10.2 Å². The van der Waals surface area contributed by atoms with E-state index in [1.807, 2.05) is 36.4 Å². The first-order valence-corrected chi connectivity index (χ1v) is 8.50. The fourth-order valence-electron chi connectivity index (χ4n) is 3.58. The molecule has 4 rings (SSSR count). The molecular formula is C20H21N3O. The third kappa shape index (κ3) is 2.49. The van der Waals surface area contributed by atoms with E-state index < -0.39 is 0 Å². The van der Waals surface area contributed by atoms with E-state index >= 15 is 0 Å². The zero-order valence-corrected chi connectivity index (χ0v) is 13.6. The molecule has 4 heteroatoms. The van der Waals surface area contributed by atoms with Gasteiger partial charge < -0.3 is 10.2 Å². The number of para-hydroxylation sites is 2. The van der Waals surface area contributed by atoms with Crippen molar-refractivity contribution in [3.8, 4) is 5.69 Å². The van der Waals surface area contributed by atoms with Crippen LogP contribution in [-0.4, -0.2) is 37.0 Å². The first kappa shape index (κ1) is 15.0. The van der Waals surface area contributed by atoms with Crippen LogP contribution in [0.3, 0.4) is 0 Å². The largest absolute Gasteiger partial charge is 0.356 e. The van der Waals surface area contributed by atoms with E-state index in [-0.39, 0.29) is 0 Å². The lowest BCUT2D eigenvalue weighted by atomic mass is 10.2. The second-order valence-electron chi connectivity index (χ2n) is 6.13. The summed E-state index contributed by atoms with van der Waals surface area (Å²) in [5.41, 5.74) is 2.96. The molecule has 1 aliphatic rings. The number of carbonyl (C=O) groups is 1. The van der Waals surface area contributed by atoms with E-state index in [1.54, 1.807) is 0 Å². The van der Waals surface area contributed by atoms with E-state index in [2.05, 4.69) is 33.0 Å². The van der Waals surface area contributed by atoms with Crippen LogP contribution in [0.15, 0.2) is 54.6 Å². The Balaban J connectivity index is 2.00. The molecule has 122 valence electrons. The van der Waals surface area contributed by atoms with Gasteiger partial charge in [-0.25, -0.2) is 0 Å². The zero-order chi connectivity index (χ0) is 16.4. The number of carbonyl (C=O) groups excluding carboxylic acids is 1. The van der Waals surface area contributed by atoms with Crippen LogP contribution in [0, 0.1) is 0 Å². The predicted molar refractivity (Wildman–Crippen MR) is 98.4 cm³/mol. The smallest absolute Gasteiger partial charge is 0.154 e. The maximum Gasteiger partial charge on any atom is 0.154 e. The minimum absolute atomic E-state index is 0.788. The maximum atomic E-state index is 12.0. The Hall–Kier alpha value is -2.59. The van der Waals surface area contributed by atoms with E-state index in [0.29, 0.717) is 0 Å². The molecule has 1 fully saturated rings. The summed E-state index contributed by atoms with van der Waals surface area (Å²) in [4.78, 5) is 14.3. The highest BCUT2D eigenvalue weighted by molar-refractivity contribution is 6.05. The van der Waals surface area contributed by atoms with Gasteiger partial charge in [-0.2, -0.15) is 0 Å². The number of aldehydes is 1. The van der Waals surface area contributed by atoms with Crippen LogP contribution >= 0.6 is 0 Å². The molecule has 0 amide bonds. The summed E-state index contributed by atoms with van der Waals surface area (Å²) < 4.78 is 2.23. The van der Waals surface area contributed by atoms with Crippen LogP contribution in [0.25, 0.3) is 16.6 Å². The highest BCUT2D eigenvalue weighted by Crippen LogP contribution is 2.35. The lowest BCUT2D eigenvalue weighted by Crippen LogP contribution is -2.30. The third-order valence-electron chi connectivity index (χ3n) is 4.66. The number of nitrogens with zero attached hydrogens (tertiary/aromatic N) is 2. The van der Waals surface area contributed by atoms with Crippen LogP contribution in [0.1, 0.15) is 16.8 Å². The first-order valence-electron chi connectivity index (χ1n) is 8.50. The molecule has 24 heavy (non-hydrogen) atoms. The number of nitrogens with one attached hydrogen (secondary N) is 1. The molecule has 1 aliphatic heterocycles.